The van der Waals surface area contributed by atoms with E-state index in [9.17, 15) is 13.2 Å². The molecule has 1 unspecified atom stereocenters. The van der Waals surface area contributed by atoms with Gasteiger partial charge in [-0.3, -0.25) is 9.78 Å². The van der Waals surface area contributed by atoms with Crippen LogP contribution in [0, 0.1) is 6.92 Å². The number of amides is 1. The molecule has 1 rings (SSSR count). The van der Waals surface area contributed by atoms with E-state index >= 15 is 0 Å². The van der Waals surface area contributed by atoms with Crippen LogP contribution in [0.4, 0.5) is 5.69 Å². The average Bonchev–Trinajstić information content (AvgIpc) is 2.25. The molecule has 0 fully saturated rings. The lowest BCUT2D eigenvalue weighted by molar-refractivity contribution is 0.0944. The minimum Gasteiger partial charge on any atom is -0.387 e. The Bertz CT molecular complexity index is 570. The van der Waals surface area contributed by atoms with Crippen molar-refractivity contribution in [1.29, 1.82) is 0 Å². The summed E-state index contributed by atoms with van der Waals surface area (Å²) in [7, 11) is -1.41. The van der Waals surface area contributed by atoms with Gasteiger partial charge in [0, 0.05) is 31.2 Å². The molecule has 0 aliphatic rings. The van der Waals surface area contributed by atoms with Crippen molar-refractivity contribution in [3.8, 4) is 0 Å². The van der Waals surface area contributed by atoms with Crippen molar-refractivity contribution in [2.24, 2.45) is 0 Å². The third-order valence-electron chi connectivity index (χ3n) is 2.48. The summed E-state index contributed by atoms with van der Waals surface area (Å²) in [5.41, 5.74) is 1.86. The summed E-state index contributed by atoms with van der Waals surface area (Å²) in [4.78, 5) is 16.1. The Morgan fingerprint density at radius 2 is 2.11 bits per heavy atom. The third kappa shape index (κ3) is 4.86. The molecule has 0 bridgehead atoms. The number of rotatable bonds is 5. The first-order valence-electron chi connectivity index (χ1n) is 5.86. The molecule has 19 heavy (non-hydrogen) atoms. The third-order valence-corrected chi connectivity index (χ3v) is 3.59. The molecule has 0 spiro atoms. The number of aromatic nitrogens is 1. The van der Waals surface area contributed by atoms with E-state index in [-0.39, 0.29) is 11.7 Å². The molecule has 0 saturated heterocycles. The van der Waals surface area contributed by atoms with Crippen molar-refractivity contribution in [3.05, 3.63) is 23.5 Å². The van der Waals surface area contributed by atoms with Gasteiger partial charge in [0.25, 0.3) is 5.91 Å². The van der Waals surface area contributed by atoms with Gasteiger partial charge in [0.1, 0.15) is 9.84 Å². The standard InChI is InChI=1S/C12H19N3O3S/c1-8-5-11(13-3)10(6-14-8)12(16)15-9(2)7-19(4,17)18/h5-6,9H,7H2,1-4H3,(H,13,14)(H,15,16). The number of sulfone groups is 1. The highest BCUT2D eigenvalue weighted by molar-refractivity contribution is 7.90. The van der Waals surface area contributed by atoms with Crippen LogP contribution < -0.4 is 10.6 Å². The van der Waals surface area contributed by atoms with Gasteiger partial charge in [0.15, 0.2) is 0 Å². The monoisotopic (exact) mass is 285 g/mol. The Balaban J connectivity index is 2.84. The smallest absolute Gasteiger partial charge is 0.255 e. The number of nitrogens with zero attached hydrogens (tertiary/aromatic N) is 1. The number of aryl methyl sites for hydroxylation is 1. The van der Waals surface area contributed by atoms with Crippen LogP contribution in [-0.2, 0) is 9.84 Å². The van der Waals surface area contributed by atoms with Gasteiger partial charge in [0.2, 0.25) is 0 Å². The fraction of sp³-hybridized carbons (Fsp3) is 0.500. The number of anilines is 1. The van der Waals surface area contributed by atoms with E-state index in [0.29, 0.717) is 11.3 Å². The van der Waals surface area contributed by atoms with Crippen molar-refractivity contribution >= 4 is 21.4 Å². The lowest BCUT2D eigenvalue weighted by atomic mass is 10.2. The van der Waals surface area contributed by atoms with Gasteiger partial charge in [-0.1, -0.05) is 0 Å². The zero-order valence-electron chi connectivity index (χ0n) is 11.5. The summed E-state index contributed by atoms with van der Waals surface area (Å²) in [6, 6.07) is 1.31. The number of pyridine rings is 1. The van der Waals surface area contributed by atoms with Crippen molar-refractivity contribution in [2.75, 3.05) is 24.4 Å². The molecular weight excluding hydrogens is 266 g/mol. The Kier molecular flexibility index (Phi) is 4.88. The largest absolute Gasteiger partial charge is 0.387 e. The Morgan fingerprint density at radius 1 is 1.47 bits per heavy atom. The van der Waals surface area contributed by atoms with Crippen LogP contribution in [0.3, 0.4) is 0 Å². The topological polar surface area (TPSA) is 88.2 Å². The molecule has 1 heterocycles. The van der Waals surface area contributed by atoms with Crippen molar-refractivity contribution < 1.29 is 13.2 Å². The highest BCUT2D eigenvalue weighted by Gasteiger charge is 2.16. The van der Waals surface area contributed by atoms with Crippen molar-refractivity contribution in [3.63, 3.8) is 0 Å². The zero-order valence-corrected chi connectivity index (χ0v) is 12.3. The van der Waals surface area contributed by atoms with Gasteiger partial charge in [-0.15, -0.1) is 0 Å². The van der Waals surface area contributed by atoms with Gasteiger partial charge < -0.3 is 10.6 Å². The van der Waals surface area contributed by atoms with Gasteiger partial charge in [-0.05, 0) is 19.9 Å². The molecule has 0 radical (unpaired) electrons. The SMILES string of the molecule is CNc1cc(C)ncc1C(=O)NC(C)CS(C)(=O)=O. The maximum Gasteiger partial charge on any atom is 0.255 e. The van der Waals surface area contributed by atoms with E-state index < -0.39 is 15.9 Å². The lowest BCUT2D eigenvalue weighted by Gasteiger charge is -2.14. The Labute approximate surface area is 113 Å². The molecule has 1 aromatic rings. The number of carbonyl (C=O) groups is 1. The molecule has 0 aliphatic heterocycles. The van der Waals surface area contributed by atoms with E-state index in [4.69, 9.17) is 0 Å². The second-order valence-electron chi connectivity index (χ2n) is 4.59. The molecule has 0 saturated carbocycles. The Morgan fingerprint density at radius 3 is 2.63 bits per heavy atom. The van der Waals surface area contributed by atoms with Gasteiger partial charge in [0.05, 0.1) is 17.0 Å². The summed E-state index contributed by atoms with van der Waals surface area (Å²) in [5, 5.41) is 5.57. The van der Waals surface area contributed by atoms with Gasteiger partial charge in [-0.2, -0.15) is 0 Å². The first-order chi connectivity index (χ1) is 8.73. The lowest BCUT2D eigenvalue weighted by Crippen LogP contribution is -2.37. The minimum atomic E-state index is -3.12. The van der Waals surface area contributed by atoms with Crippen LogP contribution in [0.15, 0.2) is 12.3 Å². The highest BCUT2D eigenvalue weighted by atomic mass is 32.2. The molecule has 0 aromatic carbocycles. The van der Waals surface area contributed by atoms with E-state index in [1.165, 1.54) is 6.20 Å². The van der Waals surface area contributed by atoms with Crippen LogP contribution in [0.2, 0.25) is 0 Å². The van der Waals surface area contributed by atoms with Crippen LogP contribution in [0.1, 0.15) is 23.0 Å². The predicted molar refractivity (Wildman–Crippen MR) is 75.2 cm³/mol. The second kappa shape index (κ2) is 6.01. The molecule has 1 aromatic heterocycles. The first-order valence-corrected chi connectivity index (χ1v) is 7.92. The Hall–Kier alpha value is -1.63. The van der Waals surface area contributed by atoms with Crippen molar-refractivity contribution in [1.82, 2.24) is 10.3 Å². The van der Waals surface area contributed by atoms with Gasteiger partial charge in [-0.25, -0.2) is 8.42 Å². The average molecular weight is 285 g/mol. The van der Waals surface area contributed by atoms with E-state index in [0.717, 1.165) is 11.9 Å². The quantitative estimate of drug-likeness (QED) is 0.827. The number of hydrogen-bond acceptors (Lipinski definition) is 5. The van der Waals surface area contributed by atoms with E-state index in [1.54, 1.807) is 20.0 Å². The molecule has 106 valence electrons. The molecule has 0 aliphatic carbocycles. The van der Waals surface area contributed by atoms with Crippen LogP contribution in [-0.4, -0.2) is 44.4 Å². The fourth-order valence-electron chi connectivity index (χ4n) is 1.74. The maximum absolute atomic E-state index is 12.0. The summed E-state index contributed by atoms with van der Waals surface area (Å²) >= 11 is 0. The number of carbonyl (C=O) groups excluding carboxylic acids is 1. The fourth-order valence-corrected chi connectivity index (χ4v) is 2.74. The minimum absolute atomic E-state index is 0.0904. The zero-order chi connectivity index (χ0) is 14.6. The van der Waals surface area contributed by atoms with Crippen LogP contribution in [0.5, 0.6) is 0 Å². The summed E-state index contributed by atoms with van der Waals surface area (Å²) in [6.07, 6.45) is 2.62. The predicted octanol–water partition coefficient (Wildman–Crippen LogP) is 0.595. The molecular formula is C12H19N3O3S. The van der Waals surface area contributed by atoms with E-state index in [1.807, 2.05) is 6.92 Å². The highest BCUT2D eigenvalue weighted by Crippen LogP contribution is 2.15. The number of nitrogens with one attached hydrogen (secondary N) is 2. The first kappa shape index (κ1) is 15.4. The second-order valence-corrected chi connectivity index (χ2v) is 6.77. The molecule has 7 heteroatoms. The van der Waals surface area contributed by atoms with Crippen LogP contribution >= 0.6 is 0 Å². The normalized spacial score (nSPS) is 12.8. The summed E-state index contributed by atoms with van der Waals surface area (Å²) < 4.78 is 22.3. The van der Waals surface area contributed by atoms with Gasteiger partial charge >= 0.3 is 0 Å². The van der Waals surface area contributed by atoms with Crippen LogP contribution in [0.25, 0.3) is 0 Å². The van der Waals surface area contributed by atoms with Crippen molar-refractivity contribution in [2.45, 2.75) is 19.9 Å². The summed E-state index contributed by atoms with van der Waals surface area (Å²) in [5.74, 6) is -0.430. The maximum atomic E-state index is 12.0. The number of hydrogen-bond donors (Lipinski definition) is 2. The summed E-state index contributed by atoms with van der Waals surface area (Å²) in [6.45, 7) is 3.48. The molecule has 1 amide bonds. The molecule has 2 N–H and O–H groups in total. The molecule has 6 nitrogen and oxygen atoms in total. The van der Waals surface area contributed by atoms with E-state index in [2.05, 4.69) is 15.6 Å². The molecule has 1 atom stereocenters.